The number of nitrogens with zero attached hydrogens (tertiary/aromatic N) is 1. The van der Waals surface area contributed by atoms with Crippen molar-refractivity contribution < 1.29 is 9.15 Å². The van der Waals surface area contributed by atoms with Crippen LogP contribution in [-0.4, -0.2) is 32.1 Å². The third kappa shape index (κ3) is 3.78. The molecule has 0 aliphatic heterocycles. The predicted molar refractivity (Wildman–Crippen MR) is 99.2 cm³/mol. The van der Waals surface area contributed by atoms with Gasteiger partial charge in [0.1, 0.15) is 12.2 Å². The van der Waals surface area contributed by atoms with Gasteiger partial charge < -0.3 is 14.1 Å². The van der Waals surface area contributed by atoms with Crippen molar-refractivity contribution in [1.82, 2.24) is 4.90 Å². The number of benzene rings is 2. The highest BCUT2D eigenvalue weighted by Gasteiger charge is 2.17. The quantitative estimate of drug-likeness (QED) is 0.705. The van der Waals surface area contributed by atoms with Gasteiger partial charge in [-0.15, -0.1) is 12.4 Å². The molecule has 0 aliphatic carbocycles. The SMILES string of the molecule is CN(C)CCOc1c(-c2ccccc2)oc2ccccc2c1=O.Cl. The Morgan fingerprint density at radius 1 is 1.00 bits per heavy atom. The van der Waals surface area contributed by atoms with Crippen molar-refractivity contribution in [3.8, 4) is 17.1 Å². The second-order valence-corrected chi connectivity index (χ2v) is 5.60. The number of ether oxygens (including phenoxy) is 1. The molecule has 1 heterocycles. The summed E-state index contributed by atoms with van der Waals surface area (Å²) in [5.74, 6) is 0.754. The first kappa shape index (κ1) is 18.0. The summed E-state index contributed by atoms with van der Waals surface area (Å²) in [6, 6.07) is 16.8. The van der Waals surface area contributed by atoms with Crippen LogP contribution >= 0.6 is 12.4 Å². The van der Waals surface area contributed by atoms with Crippen LogP contribution in [-0.2, 0) is 0 Å². The van der Waals surface area contributed by atoms with E-state index in [9.17, 15) is 4.79 Å². The molecule has 0 spiro atoms. The van der Waals surface area contributed by atoms with Crippen molar-refractivity contribution in [1.29, 1.82) is 0 Å². The molecule has 0 atom stereocenters. The summed E-state index contributed by atoms with van der Waals surface area (Å²) in [6.07, 6.45) is 0. The van der Waals surface area contributed by atoms with E-state index in [4.69, 9.17) is 9.15 Å². The Labute approximate surface area is 147 Å². The van der Waals surface area contributed by atoms with Gasteiger partial charge in [0.25, 0.3) is 0 Å². The Kier molecular flexibility index (Phi) is 6.01. The maximum atomic E-state index is 12.8. The number of para-hydroxylation sites is 1. The Hall–Kier alpha value is -2.30. The van der Waals surface area contributed by atoms with Crippen LogP contribution < -0.4 is 10.2 Å². The highest BCUT2D eigenvalue weighted by Crippen LogP contribution is 2.30. The van der Waals surface area contributed by atoms with Crippen LogP contribution in [0.3, 0.4) is 0 Å². The van der Waals surface area contributed by atoms with Crippen molar-refractivity contribution >= 4 is 23.4 Å². The van der Waals surface area contributed by atoms with Crippen LogP contribution in [0.5, 0.6) is 5.75 Å². The molecule has 0 radical (unpaired) electrons. The lowest BCUT2D eigenvalue weighted by molar-refractivity contribution is 0.257. The van der Waals surface area contributed by atoms with Crippen LogP contribution in [0.15, 0.2) is 63.8 Å². The number of fused-ring (bicyclic) bond motifs is 1. The average molecular weight is 346 g/mol. The fourth-order valence-electron chi connectivity index (χ4n) is 2.37. The van der Waals surface area contributed by atoms with Gasteiger partial charge in [-0.1, -0.05) is 42.5 Å². The van der Waals surface area contributed by atoms with E-state index in [0.717, 1.165) is 12.1 Å². The highest BCUT2D eigenvalue weighted by molar-refractivity contribution is 5.85. The summed E-state index contributed by atoms with van der Waals surface area (Å²) in [5, 5.41) is 0.534. The molecule has 0 N–H and O–H groups in total. The summed E-state index contributed by atoms with van der Waals surface area (Å²) >= 11 is 0. The molecule has 0 saturated heterocycles. The molecular formula is C19H20ClNO3. The monoisotopic (exact) mass is 345 g/mol. The minimum Gasteiger partial charge on any atom is -0.485 e. The zero-order valence-corrected chi connectivity index (χ0v) is 14.5. The predicted octanol–water partition coefficient (Wildman–Crippen LogP) is 3.82. The lowest BCUT2D eigenvalue weighted by atomic mass is 10.1. The third-order valence-corrected chi connectivity index (χ3v) is 3.58. The number of likely N-dealkylation sites (N-methyl/N-ethyl adjacent to an activating group) is 1. The Morgan fingerprint density at radius 2 is 1.67 bits per heavy atom. The molecule has 24 heavy (non-hydrogen) atoms. The average Bonchev–Trinajstić information content (AvgIpc) is 2.57. The fraction of sp³-hybridized carbons (Fsp3) is 0.211. The Bertz CT molecular complexity index is 859. The molecule has 0 bridgehead atoms. The van der Waals surface area contributed by atoms with Crippen molar-refractivity contribution in [3.05, 3.63) is 64.8 Å². The molecule has 0 unspecified atom stereocenters. The highest BCUT2D eigenvalue weighted by atomic mass is 35.5. The van der Waals surface area contributed by atoms with Crippen LogP contribution in [0, 0.1) is 0 Å². The summed E-state index contributed by atoms with van der Waals surface area (Å²) in [4.78, 5) is 14.8. The van der Waals surface area contributed by atoms with Gasteiger partial charge in [-0.05, 0) is 26.2 Å². The molecule has 126 valence electrons. The Balaban J connectivity index is 0.00000208. The molecule has 0 saturated carbocycles. The van der Waals surface area contributed by atoms with Gasteiger partial charge >= 0.3 is 0 Å². The number of hydrogen-bond donors (Lipinski definition) is 0. The van der Waals surface area contributed by atoms with Gasteiger partial charge in [-0.3, -0.25) is 4.79 Å². The largest absolute Gasteiger partial charge is 0.485 e. The molecule has 4 nitrogen and oxygen atoms in total. The van der Waals surface area contributed by atoms with Gasteiger partial charge in [-0.25, -0.2) is 0 Å². The fourth-order valence-corrected chi connectivity index (χ4v) is 2.37. The van der Waals surface area contributed by atoms with E-state index in [1.165, 1.54) is 0 Å². The molecule has 5 heteroatoms. The number of hydrogen-bond acceptors (Lipinski definition) is 4. The maximum absolute atomic E-state index is 12.8. The first-order valence-corrected chi connectivity index (χ1v) is 7.55. The minimum atomic E-state index is -0.135. The molecule has 3 aromatic rings. The van der Waals surface area contributed by atoms with Gasteiger partial charge in [-0.2, -0.15) is 0 Å². The van der Waals surface area contributed by atoms with E-state index in [-0.39, 0.29) is 23.6 Å². The first-order chi connectivity index (χ1) is 11.2. The lowest BCUT2D eigenvalue weighted by Gasteiger charge is -2.13. The van der Waals surface area contributed by atoms with Gasteiger partial charge in [0.05, 0.1) is 5.39 Å². The summed E-state index contributed by atoms with van der Waals surface area (Å²) in [5.41, 5.74) is 1.26. The normalized spacial score (nSPS) is 10.6. The van der Waals surface area contributed by atoms with E-state index in [1.54, 1.807) is 12.1 Å². The van der Waals surface area contributed by atoms with Gasteiger partial charge in [0.2, 0.25) is 11.2 Å². The Morgan fingerprint density at radius 3 is 2.38 bits per heavy atom. The molecule has 1 aromatic heterocycles. The summed E-state index contributed by atoms with van der Waals surface area (Å²) in [7, 11) is 3.93. The van der Waals surface area contributed by atoms with Crippen LogP contribution in [0.1, 0.15) is 0 Å². The van der Waals surface area contributed by atoms with Crippen molar-refractivity contribution in [2.24, 2.45) is 0 Å². The molecule has 0 aliphatic rings. The van der Waals surface area contributed by atoms with Crippen LogP contribution in [0.25, 0.3) is 22.3 Å². The van der Waals surface area contributed by atoms with E-state index >= 15 is 0 Å². The van der Waals surface area contributed by atoms with E-state index < -0.39 is 0 Å². The molecule has 0 amide bonds. The van der Waals surface area contributed by atoms with E-state index in [0.29, 0.717) is 23.3 Å². The lowest BCUT2D eigenvalue weighted by Crippen LogP contribution is -2.21. The minimum absolute atomic E-state index is 0. The van der Waals surface area contributed by atoms with Gasteiger partial charge in [0, 0.05) is 12.1 Å². The third-order valence-electron chi connectivity index (χ3n) is 3.58. The van der Waals surface area contributed by atoms with E-state index in [1.807, 2.05) is 61.5 Å². The van der Waals surface area contributed by atoms with Crippen molar-refractivity contribution in [2.75, 3.05) is 27.2 Å². The second-order valence-electron chi connectivity index (χ2n) is 5.60. The zero-order chi connectivity index (χ0) is 16.2. The van der Waals surface area contributed by atoms with Crippen LogP contribution in [0.2, 0.25) is 0 Å². The van der Waals surface area contributed by atoms with Gasteiger partial charge in [0.15, 0.2) is 5.76 Å². The van der Waals surface area contributed by atoms with Crippen molar-refractivity contribution in [2.45, 2.75) is 0 Å². The summed E-state index contributed by atoms with van der Waals surface area (Å²) in [6.45, 7) is 1.15. The molecule has 2 aromatic carbocycles. The molecular weight excluding hydrogens is 326 g/mol. The van der Waals surface area contributed by atoms with E-state index in [2.05, 4.69) is 0 Å². The first-order valence-electron chi connectivity index (χ1n) is 7.55. The topological polar surface area (TPSA) is 42.7 Å². The van der Waals surface area contributed by atoms with Crippen molar-refractivity contribution in [3.63, 3.8) is 0 Å². The maximum Gasteiger partial charge on any atom is 0.235 e. The molecule has 0 fully saturated rings. The smallest absolute Gasteiger partial charge is 0.235 e. The second kappa shape index (κ2) is 7.99. The number of halogens is 1. The standard InChI is InChI=1S/C19H19NO3.ClH/c1-20(2)12-13-22-19-17(21)15-10-6-7-11-16(15)23-18(19)14-8-4-3-5-9-14;/h3-11H,12-13H2,1-2H3;1H. The zero-order valence-electron chi connectivity index (χ0n) is 13.7. The summed E-state index contributed by atoms with van der Waals surface area (Å²) < 4.78 is 11.8. The number of rotatable bonds is 5. The molecule has 3 rings (SSSR count). The van der Waals surface area contributed by atoms with Crippen LogP contribution in [0.4, 0.5) is 0 Å².